The molecule has 0 amide bonds. The van der Waals surface area contributed by atoms with E-state index in [1.165, 1.54) is 122 Å². The molecule has 0 spiro atoms. The van der Waals surface area contributed by atoms with Crippen molar-refractivity contribution in [1.29, 1.82) is 0 Å². The van der Waals surface area contributed by atoms with E-state index in [0.29, 0.717) is 0 Å². The third-order valence-electron chi connectivity index (χ3n) is 17.7. The quantitative estimate of drug-likeness (QED) is 0.130. The van der Waals surface area contributed by atoms with Gasteiger partial charge in [0.15, 0.2) is 0 Å². The number of nitrogens with zero attached hydrogens (tertiary/aromatic N) is 2. The minimum atomic E-state index is -0.320. The van der Waals surface area contributed by atoms with Crippen LogP contribution < -0.4 is 26.6 Å². The molecule has 13 aromatic rings. The zero-order valence-electron chi connectivity index (χ0n) is 48.1. The van der Waals surface area contributed by atoms with Crippen molar-refractivity contribution in [2.75, 3.05) is 10.2 Å². The highest BCUT2D eigenvalue weighted by Gasteiger charge is 2.45. The van der Waals surface area contributed by atoms with Crippen molar-refractivity contribution in [3.8, 4) is 72.4 Å². The van der Waals surface area contributed by atoms with Crippen LogP contribution in [0.5, 0.6) is 0 Å². The van der Waals surface area contributed by atoms with Crippen LogP contribution in [0.25, 0.3) is 94.3 Å². The summed E-state index contributed by atoms with van der Waals surface area (Å²) in [6.45, 7) is 9.42. The zero-order chi connectivity index (χ0) is 56.5. The Bertz CT molecular complexity index is 4520. The summed E-state index contributed by atoms with van der Waals surface area (Å²) in [5.74, 6) is 0. The molecule has 12 aromatic carbocycles. The second-order valence-corrected chi connectivity index (χ2v) is 23.9. The third kappa shape index (κ3) is 8.58. The molecule has 0 fully saturated rings. The number of rotatable bonds is 11. The lowest BCUT2D eigenvalue weighted by Gasteiger charge is -2.44. The molecular weight excluding hydrogens is 1010 g/mol. The lowest BCUT2D eigenvalue weighted by atomic mass is 9.33. The highest BCUT2D eigenvalue weighted by atomic mass is 15.2. The monoisotopic (exact) mass is 1080 g/mol. The molecule has 1 aromatic heterocycles. The first-order valence-electron chi connectivity index (χ1n) is 29.9. The molecule has 1 N–H and O–H groups in total. The van der Waals surface area contributed by atoms with Gasteiger partial charge in [0, 0.05) is 55.9 Å². The van der Waals surface area contributed by atoms with Crippen LogP contribution in [0.15, 0.2) is 273 Å². The number of unbranched alkanes of at least 4 members (excludes halogenated alkanes) is 1. The Balaban J connectivity index is 1.11. The van der Waals surface area contributed by atoms with E-state index in [2.05, 4.69) is 315 Å². The van der Waals surface area contributed by atoms with Crippen molar-refractivity contribution >= 4 is 73.3 Å². The van der Waals surface area contributed by atoms with E-state index in [4.69, 9.17) is 0 Å². The topological polar surface area (TPSA) is 20.2 Å². The fourth-order valence-electron chi connectivity index (χ4n) is 13.8. The first-order valence-corrected chi connectivity index (χ1v) is 29.9. The van der Waals surface area contributed by atoms with Crippen LogP contribution in [0.4, 0.5) is 28.4 Å². The molecule has 0 saturated heterocycles. The van der Waals surface area contributed by atoms with Gasteiger partial charge in [0.05, 0.1) is 16.7 Å². The predicted molar refractivity (Wildman–Crippen MR) is 360 cm³/mol. The summed E-state index contributed by atoms with van der Waals surface area (Å²) >= 11 is 0. The lowest BCUT2D eigenvalue weighted by Crippen LogP contribution is -2.60. The second-order valence-electron chi connectivity index (χ2n) is 23.9. The van der Waals surface area contributed by atoms with Crippen LogP contribution in [0.1, 0.15) is 51.7 Å². The van der Waals surface area contributed by atoms with E-state index in [9.17, 15) is 0 Å². The lowest BCUT2D eigenvalue weighted by molar-refractivity contribution is 0.592. The number of para-hydroxylation sites is 2. The SMILES string of the molecule is CCCCc1cccc(-c2ccccc2)c1-c1c(C(C)(C)C)cc2c3c1Nc1cc(-n4c5ccccc5c5ccccc54)ccc1B3c1cc(-c3ccccc3)ccc1N2c1c(-c2ccccc2)cc(-c2ccccc2)cc1-c1ccccc1. The average Bonchev–Trinajstić information content (AvgIpc) is 0.892. The van der Waals surface area contributed by atoms with Gasteiger partial charge in [-0.3, -0.25) is 0 Å². The van der Waals surface area contributed by atoms with Crippen molar-refractivity contribution in [3.05, 3.63) is 284 Å². The molecule has 402 valence electrons. The Kier molecular flexibility index (Phi) is 12.6. The molecule has 84 heavy (non-hydrogen) atoms. The number of fused-ring (bicyclic) bond motifs is 7. The maximum Gasteiger partial charge on any atom is 0.252 e. The number of anilines is 5. The Hall–Kier alpha value is -9.90. The third-order valence-corrected chi connectivity index (χ3v) is 17.7. The van der Waals surface area contributed by atoms with Crippen molar-refractivity contribution in [2.24, 2.45) is 0 Å². The molecule has 15 rings (SSSR count). The van der Waals surface area contributed by atoms with Gasteiger partial charge in [0.25, 0.3) is 6.71 Å². The second kappa shape index (κ2) is 20.8. The normalized spacial score (nSPS) is 12.5. The Morgan fingerprint density at radius 1 is 0.417 bits per heavy atom. The number of aromatic nitrogens is 1. The summed E-state index contributed by atoms with van der Waals surface area (Å²) in [4.78, 5) is 2.68. The number of benzene rings is 12. The molecule has 4 heteroatoms. The van der Waals surface area contributed by atoms with Crippen molar-refractivity contribution in [1.82, 2.24) is 4.57 Å². The standard InChI is InChI=1S/C80H64BN3/c1-5-6-27-58-38-26-41-62(55-32-16-9-17-33-55)75(58)76-67(80(2,3)4)52-74-77-78(76)82-70-51-61(83-71-42-24-22-39-63(71)64-40-23-25-43-72(64)83)45-46-68(70)81(77)69-50-59(53-28-12-7-13-29-53)44-47-73(69)84(74)79-65(56-34-18-10-19-35-56)48-60(54-30-14-8-15-31-54)49-66(79)57-36-20-11-21-37-57/h7-26,28-52,82H,5-6,27H2,1-4H3. The molecule has 0 atom stereocenters. The number of nitrogens with one attached hydrogen (secondary N) is 1. The minimum absolute atomic E-state index is 0.159. The van der Waals surface area contributed by atoms with Crippen LogP contribution in [0.3, 0.4) is 0 Å². The summed E-state index contributed by atoms with van der Waals surface area (Å²) in [5.41, 5.74) is 29.9. The smallest absolute Gasteiger partial charge is 0.252 e. The van der Waals surface area contributed by atoms with Gasteiger partial charge in [-0.1, -0.05) is 259 Å². The van der Waals surface area contributed by atoms with Crippen LogP contribution >= 0.6 is 0 Å². The van der Waals surface area contributed by atoms with Gasteiger partial charge >= 0.3 is 0 Å². The van der Waals surface area contributed by atoms with E-state index in [1.54, 1.807) is 0 Å². The average molecular weight is 1080 g/mol. The summed E-state index contributed by atoms with van der Waals surface area (Å²) < 4.78 is 2.47. The van der Waals surface area contributed by atoms with E-state index in [0.717, 1.165) is 47.5 Å². The van der Waals surface area contributed by atoms with Gasteiger partial charge in [0.2, 0.25) is 0 Å². The Labute approximate surface area is 494 Å². The van der Waals surface area contributed by atoms with Gasteiger partial charge in [0.1, 0.15) is 0 Å². The van der Waals surface area contributed by atoms with Crippen LogP contribution in [-0.2, 0) is 11.8 Å². The Morgan fingerprint density at radius 3 is 1.52 bits per heavy atom. The molecule has 0 radical (unpaired) electrons. The molecule has 2 aliphatic rings. The number of hydrogen-bond acceptors (Lipinski definition) is 2. The summed E-state index contributed by atoms with van der Waals surface area (Å²) in [6, 6.07) is 102. The summed E-state index contributed by atoms with van der Waals surface area (Å²) in [7, 11) is 0. The molecule has 0 unspecified atom stereocenters. The number of hydrogen-bond donors (Lipinski definition) is 1. The molecule has 3 heterocycles. The Morgan fingerprint density at radius 2 is 0.952 bits per heavy atom. The molecule has 0 bridgehead atoms. The molecule has 3 nitrogen and oxygen atoms in total. The van der Waals surface area contributed by atoms with Crippen molar-refractivity contribution in [2.45, 2.75) is 52.4 Å². The van der Waals surface area contributed by atoms with Crippen LogP contribution in [0, 0.1) is 0 Å². The van der Waals surface area contributed by atoms with E-state index >= 15 is 0 Å². The van der Waals surface area contributed by atoms with Gasteiger partial charge < -0.3 is 14.8 Å². The highest BCUT2D eigenvalue weighted by Crippen LogP contribution is 2.54. The van der Waals surface area contributed by atoms with Gasteiger partial charge in [-0.15, -0.1) is 0 Å². The van der Waals surface area contributed by atoms with E-state index in [1.807, 2.05) is 0 Å². The van der Waals surface area contributed by atoms with Crippen LogP contribution in [0.2, 0.25) is 0 Å². The predicted octanol–water partition coefficient (Wildman–Crippen LogP) is 19.8. The molecule has 0 aliphatic carbocycles. The number of aryl methyl sites for hydroxylation is 1. The molecule has 0 saturated carbocycles. The summed E-state index contributed by atoms with van der Waals surface area (Å²) in [5, 5.41) is 6.95. The fraction of sp³-hybridized carbons (Fsp3) is 0.100. The van der Waals surface area contributed by atoms with E-state index in [-0.39, 0.29) is 12.1 Å². The van der Waals surface area contributed by atoms with E-state index < -0.39 is 0 Å². The maximum absolute atomic E-state index is 4.45. The van der Waals surface area contributed by atoms with Crippen LogP contribution in [-0.4, -0.2) is 11.3 Å². The largest absolute Gasteiger partial charge is 0.356 e. The molecular formula is C80H64BN3. The van der Waals surface area contributed by atoms with Gasteiger partial charge in [-0.2, -0.15) is 0 Å². The fourth-order valence-corrected chi connectivity index (χ4v) is 13.8. The maximum atomic E-state index is 4.45. The first kappa shape index (κ1) is 51.0. The highest BCUT2D eigenvalue weighted by molar-refractivity contribution is 7.00. The summed E-state index contributed by atoms with van der Waals surface area (Å²) in [6.07, 6.45) is 3.16. The van der Waals surface area contributed by atoms with Crippen molar-refractivity contribution in [3.63, 3.8) is 0 Å². The first-order chi connectivity index (χ1) is 41.3. The van der Waals surface area contributed by atoms with Gasteiger partial charge in [-0.25, -0.2) is 0 Å². The van der Waals surface area contributed by atoms with Gasteiger partial charge in [-0.05, 0) is 144 Å². The molecule has 2 aliphatic heterocycles. The van der Waals surface area contributed by atoms with Crippen molar-refractivity contribution < 1.29 is 0 Å². The zero-order valence-corrected chi connectivity index (χ0v) is 48.1. The minimum Gasteiger partial charge on any atom is -0.356 e.